The molecule has 1 saturated carbocycles. The molecule has 0 heterocycles. The monoisotopic (exact) mass is 99.0 g/mol. The summed E-state index contributed by atoms with van der Waals surface area (Å²) in [4.78, 5) is 10.3. The first-order chi connectivity index (χ1) is 3.30. The quantitative estimate of drug-likeness (QED) is 0.436. The molecule has 1 fully saturated rings. The zero-order valence-corrected chi connectivity index (χ0v) is 4.02. The summed E-state index contributed by atoms with van der Waals surface area (Å²) in [5.74, 6) is -0.0972. The third-order valence-electron chi connectivity index (χ3n) is 1.25. The van der Waals surface area contributed by atoms with Gasteiger partial charge in [-0.2, -0.15) is 0 Å². The van der Waals surface area contributed by atoms with Gasteiger partial charge < -0.3 is 0 Å². The summed E-state index contributed by atoms with van der Waals surface area (Å²) in [5.41, 5.74) is 0. The smallest absolute Gasteiger partial charge is 0.164 e. The molecule has 0 saturated heterocycles. The van der Waals surface area contributed by atoms with Gasteiger partial charge in [0.25, 0.3) is 0 Å². The van der Waals surface area contributed by atoms with Crippen LogP contribution < -0.4 is 0 Å². The molecule has 0 spiro atoms. The Kier molecular flexibility index (Phi) is 1.11. The molecule has 1 atom stereocenters. The molecule has 1 aliphatic carbocycles. The molecular weight excluding hydrogens is 92.1 g/mol. The van der Waals surface area contributed by atoms with E-state index in [0.29, 0.717) is 12.8 Å². The molecule has 0 aliphatic heterocycles. The standard InChI is InChI=1S/C5H7O2/c6-4-2-1-3-5(4)7/h4H,1-3H2. The van der Waals surface area contributed by atoms with Crippen LogP contribution in [0.1, 0.15) is 19.3 Å². The molecule has 0 aromatic heterocycles. The van der Waals surface area contributed by atoms with E-state index in [2.05, 4.69) is 0 Å². The second kappa shape index (κ2) is 1.62. The third-order valence-corrected chi connectivity index (χ3v) is 1.25. The molecule has 0 aromatic carbocycles. The van der Waals surface area contributed by atoms with Crippen LogP contribution in [0, 0.1) is 0 Å². The van der Waals surface area contributed by atoms with Crippen LogP contribution in [0.2, 0.25) is 0 Å². The normalized spacial score (nSPS) is 31.6. The Bertz CT molecular complexity index is 88.1. The summed E-state index contributed by atoms with van der Waals surface area (Å²) in [6, 6.07) is 0. The van der Waals surface area contributed by atoms with Crippen molar-refractivity contribution >= 4 is 5.78 Å². The van der Waals surface area contributed by atoms with Gasteiger partial charge in [-0.25, -0.2) is 5.11 Å². The van der Waals surface area contributed by atoms with E-state index in [1.54, 1.807) is 0 Å². The lowest BCUT2D eigenvalue weighted by Crippen LogP contribution is -2.08. The van der Waals surface area contributed by atoms with Crippen molar-refractivity contribution in [1.29, 1.82) is 0 Å². The van der Waals surface area contributed by atoms with Crippen molar-refractivity contribution < 1.29 is 9.90 Å². The Morgan fingerprint density at radius 3 is 2.43 bits per heavy atom. The van der Waals surface area contributed by atoms with Gasteiger partial charge in [-0.1, -0.05) is 0 Å². The van der Waals surface area contributed by atoms with Crippen LogP contribution in [-0.2, 0) is 9.90 Å². The van der Waals surface area contributed by atoms with Crippen LogP contribution in [-0.4, -0.2) is 11.9 Å². The van der Waals surface area contributed by atoms with E-state index in [0.717, 1.165) is 6.42 Å². The lowest BCUT2D eigenvalue weighted by atomic mass is 10.3. The number of hydrogen-bond donors (Lipinski definition) is 0. The highest BCUT2D eigenvalue weighted by Crippen LogP contribution is 2.13. The van der Waals surface area contributed by atoms with Crippen LogP contribution in [0.4, 0.5) is 0 Å². The molecule has 0 bridgehead atoms. The minimum absolute atomic E-state index is 0.0972. The Labute approximate surface area is 42.1 Å². The van der Waals surface area contributed by atoms with Gasteiger partial charge in [0, 0.05) is 6.42 Å². The van der Waals surface area contributed by atoms with Crippen molar-refractivity contribution in [3.8, 4) is 0 Å². The third kappa shape index (κ3) is 0.800. The zero-order chi connectivity index (χ0) is 5.28. The largest absolute Gasteiger partial charge is 0.297 e. The average Bonchev–Trinajstić information content (AvgIpc) is 1.91. The van der Waals surface area contributed by atoms with Crippen LogP contribution in [0.5, 0.6) is 0 Å². The Hall–Kier alpha value is -0.370. The summed E-state index contributed by atoms with van der Waals surface area (Å²) in [5, 5.41) is 10.3. The molecule has 1 rings (SSSR count). The van der Waals surface area contributed by atoms with Crippen molar-refractivity contribution in [2.45, 2.75) is 25.4 Å². The average molecular weight is 99.1 g/mol. The predicted molar refractivity (Wildman–Crippen MR) is 23.3 cm³/mol. The van der Waals surface area contributed by atoms with Gasteiger partial charge in [-0.05, 0) is 12.8 Å². The van der Waals surface area contributed by atoms with Crippen LogP contribution >= 0.6 is 0 Å². The van der Waals surface area contributed by atoms with Gasteiger partial charge in [-0.3, -0.25) is 4.79 Å². The van der Waals surface area contributed by atoms with Crippen molar-refractivity contribution in [1.82, 2.24) is 0 Å². The highest BCUT2D eigenvalue weighted by Gasteiger charge is 2.22. The van der Waals surface area contributed by atoms with Crippen LogP contribution in [0.25, 0.3) is 0 Å². The molecule has 1 radical (unpaired) electrons. The molecule has 2 nitrogen and oxygen atoms in total. The summed E-state index contributed by atoms with van der Waals surface area (Å²) in [6.07, 6.45) is 1.03. The molecule has 0 N–H and O–H groups in total. The van der Waals surface area contributed by atoms with E-state index in [1.165, 1.54) is 0 Å². The molecule has 39 valence electrons. The molecule has 2 heteroatoms. The highest BCUT2D eigenvalue weighted by molar-refractivity contribution is 5.84. The van der Waals surface area contributed by atoms with Crippen molar-refractivity contribution in [2.24, 2.45) is 0 Å². The summed E-state index contributed by atoms with van der Waals surface area (Å²) >= 11 is 0. The van der Waals surface area contributed by atoms with Crippen molar-refractivity contribution in [3.05, 3.63) is 0 Å². The fraction of sp³-hybridized carbons (Fsp3) is 0.800. The molecule has 0 aromatic rings. The van der Waals surface area contributed by atoms with Gasteiger partial charge in [0.15, 0.2) is 11.9 Å². The topological polar surface area (TPSA) is 37.0 Å². The maximum absolute atomic E-state index is 10.3. The van der Waals surface area contributed by atoms with Gasteiger partial charge in [0.05, 0.1) is 0 Å². The fourth-order valence-corrected chi connectivity index (χ4v) is 0.784. The van der Waals surface area contributed by atoms with E-state index in [4.69, 9.17) is 0 Å². The van der Waals surface area contributed by atoms with E-state index in [-0.39, 0.29) is 5.78 Å². The van der Waals surface area contributed by atoms with Crippen LogP contribution in [0.3, 0.4) is 0 Å². The first-order valence-electron chi connectivity index (χ1n) is 2.49. The van der Waals surface area contributed by atoms with Gasteiger partial charge in [0.1, 0.15) is 0 Å². The summed E-state index contributed by atoms with van der Waals surface area (Å²) in [7, 11) is 0. The molecular formula is C5H7O2. The SMILES string of the molecule is [O]C1CCCC1=O. The Balaban J connectivity index is 2.48. The lowest BCUT2D eigenvalue weighted by molar-refractivity contribution is -0.127. The van der Waals surface area contributed by atoms with Gasteiger partial charge in [0.2, 0.25) is 0 Å². The number of carbonyl (C=O) groups is 1. The Morgan fingerprint density at radius 1 is 1.57 bits per heavy atom. The molecule has 0 amide bonds. The number of ketones is 1. The Morgan fingerprint density at radius 2 is 2.29 bits per heavy atom. The number of Topliss-reactive ketones (excluding diaryl/α,β-unsaturated/α-hetero) is 1. The summed E-state index contributed by atoms with van der Waals surface area (Å²) < 4.78 is 0. The number of hydrogen-bond acceptors (Lipinski definition) is 1. The lowest BCUT2D eigenvalue weighted by Gasteiger charge is -1.86. The van der Waals surface area contributed by atoms with E-state index < -0.39 is 6.10 Å². The second-order valence-electron chi connectivity index (χ2n) is 1.85. The molecule has 1 unspecified atom stereocenters. The minimum Gasteiger partial charge on any atom is -0.297 e. The highest BCUT2D eigenvalue weighted by atomic mass is 16.3. The second-order valence-corrected chi connectivity index (χ2v) is 1.85. The van der Waals surface area contributed by atoms with E-state index in [1.807, 2.05) is 0 Å². The van der Waals surface area contributed by atoms with Crippen molar-refractivity contribution in [3.63, 3.8) is 0 Å². The fourth-order valence-electron chi connectivity index (χ4n) is 0.784. The van der Waals surface area contributed by atoms with E-state index >= 15 is 0 Å². The maximum atomic E-state index is 10.3. The number of carbonyl (C=O) groups excluding carboxylic acids is 1. The first-order valence-corrected chi connectivity index (χ1v) is 2.49. The predicted octanol–water partition coefficient (Wildman–Crippen LogP) is 0.538. The first kappa shape index (κ1) is 4.78. The van der Waals surface area contributed by atoms with Gasteiger partial charge >= 0.3 is 0 Å². The van der Waals surface area contributed by atoms with Crippen LogP contribution in [0.15, 0.2) is 0 Å². The maximum Gasteiger partial charge on any atom is 0.164 e. The molecule has 7 heavy (non-hydrogen) atoms. The van der Waals surface area contributed by atoms with Gasteiger partial charge in [-0.15, -0.1) is 0 Å². The molecule has 1 aliphatic rings. The summed E-state index contributed by atoms with van der Waals surface area (Å²) in [6.45, 7) is 0. The van der Waals surface area contributed by atoms with Crippen molar-refractivity contribution in [2.75, 3.05) is 0 Å². The van der Waals surface area contributed by atoms with E-state index in [9.17, 15) is 9.90 Å². The number of rotatable bonds is 0. The minimum atomic E-state index is -0.875. The zero-order valence-electron chi connectivity index (χ0n) is 4.02.